The van der Waals surface area contributed by atoms with E-state index >= 15 is 0 Å². The van der Waals surface area contributed by atoms with E-state index in [4.69, 9.17) is 10.2 Å². The van der Waals surface area contributed by atoms with Crippen LogP contribution in [0.25, 0.3) is 33.1 Å². The maximum absolute atomic E-state index is 12.8. The number of aromatic hydroxyl groups is 1. The minimum absolute atomic E-state index is 0.0655. The van der Waals surface area contributed by atoms with Crippen molar-refractivity contribution in [1.29, 1.82) is 0 Å². The fraction of sp³-hybridized carbons (Fsp3) is 0.326. The first-order valence-electron chi connectivity index (χ1n) is 19.0. The number of amides is 1. The molecule has 0 aliphatic heterocycles. The van der Waals surface area contributed by atoms with Gasteiger partial charge >= 0.3 is 11.8 Å². The predicted molar refractivity (Wildman–Crippen MR) is 214 cm³/mol. The molecule has 6 aromatic rings. The highest BCUT2D eigenvalue weighted by Crippen LogP contribution is 2.37. The summed E-state index contributed by atoms with van der Waals surface area (Å²) in [7, 11) is 0. The lowest BCUT2D eigenvalue weighted by Gasteiger charge is -2.35. The van der Waals surface area contributed by atoms with E-state index in [1.165, 1.54) is 12.1 Å². The van der Waals surface area contributed by atoms with E-state index in [0.717, 1.165) is 79.1 Å². The summed E-state index contributed by atoms with van der Waals surface area (Å²) in [4.78, 5) is 41.5. The van der Waals surface area contributed by atoms with Crippen LogP contribution in [0, 0.1) is 0 Å². The first kappa shape index (κ1) is 37.6. The molecule has 7 rings (SSSR count). The van der Waals surface area contributed by atoms with Crippen molar-refractivity contribution in [2.24, 2.45) is 5.73 Å². The molecule has 1 saturated carbocycles. The number of phenols is 1. The Morgan fingerprint density at radius 3 is 2.49 bits per heavy atom. The van der Waals surface area contributed by atoms with E-state index in [1.807, 2.05) is 60.7 Å². The molecular weight excluding hydrogens is 699 g/mol. The highest BCUT2D eigenvalue weighted by molar-refractivity contribution is 5.94. The van der Waals surface area contributed by atoms with E-state index < -0.39 is 18.0 Å². The molecule has 1 amide bonds. The van der Waals surface area contributed by atoms with Gasteiger partial charge in [0.25, 0.3) is 0 Å². The molecule has 2 heterocycles. The SMILES string of the molecule is N[C@H]1CC[C@H](N(C(=O)O)c2cc(CCCCCn3c(=O)oc4cc(CNC[C@H](O)c5ccc(O)c6[nH]c(=O)ccc56)ccc43)ccc2-c2ccccc2)CC1. The third-order valence-corrected chi connectivity index (χ3v) is 10.7. The number of benzene rings is 4. The number of hydrogen-bond acceptors (Lipinski definition) is 8. The van der Waals surface area contributed by atoms with Crippen molar-refractivity contribution in [3.05, 3.63) is 129 Å². The Kier molecular flexibility index (Phi) is 11.5. The monoisotopic (exact) mass is 745 g/mol. The summed E-state index contributed by atoms with van der Waals surface area (Å²) in [6.07, 6.45) is 4.54. The minimum atomic E-state index is -0.949. The van der Waals surface area contributed by atoms with Crippen LogP contribution in [-0.4, -0.2) is 49.6 Å². The van der Waals surface area contributed by atoms with Gasteiger partial charge in [-0.25, -0.2) is 9.59 Å². The average molecular weight is 746 g/mol. The van der Waals surface area contributed by atoms with Gasteiger partial charge in [0.2, 0.25) is 5.56 Å². The third kappa shape index (κ3) is 8.51. The number of aliphatic hydroxyl groups is 1. The van der Waals surface area contributed by atoms with Crippen LogP contribution in [0.1, 0.15) is 67.7 Å². The van der Waals surface area contributed by atoms with Crippen molar-refractivity contribution < 1.29 is 24.5 Å². The predicted octanol–water partition coefficient (Wildman–Crippen LogP) is 6.80. The standard InChI is InChI=1S/C43H47N5O7/c44-30-12-14-31(15-13-30)48(42(52)53)36-23-27(10-16-32(36)29-8-4-1-5-9-29)7-3-2-6-22-47-35-19-11-28(24-39(35)55-43(47)54)25-45-26-38(50)33-17-20-37(49)41-34(33)18-21-40(51)46-41/h1,4-5,8-11,16-21,23-24,30-31,38,45,49-50H,2-3,6-7,12-15,22,25-26,44H2,(H,46,51)(H,52,53)/t30-,31-,38-/m0/s1. The number of carbonyl (C=O) groups is 1. The molecule has 1 aliphatic carbocycles. The summed E-state index contributed by atoms with van der Waals surface area (Å²) in [6.45, 7) is 1.14. The first-order chi connectivity index (χ1) is 26.7. The smallest absolute Gasteiger partial charge is 0.419 e. The van der Waals surface area contributed by atoms with Gasteiger partial charge in [0.1, 0.15) is 5.75 Å². The molecule has 286 valence electrons. The van der Waals surface area contributed by atoms with E-state index in [1.54, 1.807) is 21.6 Å². The van der Waals surface area contributed by atoms with Crippen molar-refractivity contribution in [2.75, 3.05) is 11.4 Å². The van der Waals surface area contributed by atoms with E-state index in [-0.39, 0.29) is 35.5 Å². The number of unbranched alkanes of at least 4 members (excludes halogenated alkanes) is 2. The van der Waals surface area contributed by atoms with Gasteiger partial charge in [-0.05, 0) is 97.5 Å². The van der Waals surface area contributed by atoms with Crippen LogP contribution < -0.4 is 27.3 Å². The Hall–Kier alpha value is -5.69. The first-order valence-corrected chi connectivity index (χ1v) is 19.0. The quantitative estimate of drug-likeness (QED) is 0.0652. The fourth-order valence-corrected chi connectivity index (χ4v) is 7.83. The van der Waals surface area contributed by atoms with Crippen LogP contribution >= 0.6 is 0 Å². The molecule has 0 bridgehead atoms. The molecule has 12 heteroatoms. The number of aromatic nitrogens is 2. The van der Waals surface area contributed by atoms with Gasteiger partial charge in [0.15, 0.2) is 5.58 Å². The molecule has 0 radical (unpaired) electrons. The average Bonchev–Trinajstić information content (AvgIpc) is 3.49. The molecular formula is C43H47N5O7. The molecule has 0 saturated heterocycles. The number of aromatic amines is 1. The van der Waals surface area contributed by atoms with Crippen LogP contribution in [0.3, 0.4) is 0 Å². The lowest BCUT2D eigenvalue weighted by Crippen LogP contribution is -2.44. The van der Waals surface area contributed by atoms with Crippen LogP contribution in [0.5, 0.6) is 5.75 Å². The lowest BCUT2D eigenvalue weighted by atomic mass is 9.89. The van der Waals surface area contributed by atoms with Crippen LogP contribution in [-0.2, 0) is 19.5 Å². The summed E-state index contributed by atoms with van der Waals surface area (Å²) >= 11 is 0. The van der Waals surface area contributed by atoms with Crippen molar-refractivity contribution in [1.82, 2.24) is 14.9 Å². The van der Waals surface area contributed by atoms with Crippen molar-refractivity contribution in [2.45, 2.75) is 82.6 Å². The second kappa shape index (κ2) is 16.8. The van der Waals surface area contributed by atoms with E-state index in [2.05, 4.69) is 16.4 Å². The van der Waals surface area contributed by atoms with Gasteiger partial charge < -0.3 is 35.8 Å². The van der Waals surface area contributed by atoms with Crippen molar-refractivity contribution >= 4 is 33.8 Å². The highest BCUT2D eigenvalue weighted by Gasteiger charge is 2.30. The van der Waals surface area contributed by atoms with Gasteiger partial charge in [0, 0.05) is 48.7 Å². The number of nitrogens with two attached hydrogens (primary N) is 1. The Balaban J connectivity index is 0.954. The Bertz CT molecular complexity index is 2390. The molecule has 55 heavy (non-hydrogen) atoms. The maximum atomic E-state index is 12.8. The molecule has 4 aromatic carbocycles. The van der Waals surface area contributed by atoms with E-state index in [0.29, 0.717) is 35.3 Å². The van der Waals surface area contributed by atoms with Gasteiger partial charge in [-0.15, -0.1) is 0 Å². The molecule has 0 unspecified atom stereocenters. The molecule has 1 fully saturated rings. The summed E-state index contributed by atoms with van der Waals surface area (Å²) in [6, 6.07) is 27.7. The number of hydrogen-bond donors (Lipinski definition) is 6. The summed E-state index contributed by atoms with van der Waals surface area (Å²) in [5, 5.41) is 35.3. The fourth-order valence-electron chi connectivity index (χ4n) is 7.83. The number of nitrogens with one attached hydrogen (secondary N) is 2. The Morgan fingerprint density at radius 2 is 1.71 bits per heavy atom. The van der Waals surface area contributed by atoms with Gasteiger partial charge in [-0.2, -0.15) is 0 Å². The zero-order valence-electron chi connectivity index (χ0n) is 30.6. The molecule has 1 aliphatic rings. The van der Waals surface area contributed by atoms with Crippen molar-refractivity contribution in [3.8, 4) is 16.9 Å². The molecule has 2 aromatic heterocycles. The third-order valence-electron chi connectivity index (χ3n) is 10.7. The highest BCUT2D eigenvalue weighted by atomic mass is 16.4. The number of fused-ring (bicyclic) bond motifs is 2. The normalized spacial score (nSPS) is 16.4. The van der Waals surface area contributed by atoms with E-state index in [9.17, 15) is 29.7 Å². The largest absolute Gasteiger partial charge is 0.506 e. The number of anilines is 1. The zero-order chi connectivity index (χ0) is 38.5. The van der Waals surface area contributed by atoms with Gasteiger partial charge in [0.05, 0.1) is 22.8 Å². The Labute approximate surface area is 317 Å². The number of nitrogens with zero attached hydrogens (tertiary/aromatic N) is 2. The topological polar surface area (TPSA) is 187 Å². The minimum Gasteiger partial charge on any atom is -0.506 e. The van der Waals surface area contributed by atoms with Crippen LogP contribution in [0.2, 0.25) is 0 Å². The number of aryl methyl sites for hydroxylation is 2. The number of aliphatic hydroxyl groups excluding tert-OH is 1. The number of pyridine rings is 1. The molecule has 12 nitrogen and oxygen atoms in total. The second-order valence-electron chi connectivity index (χ2n) is 14.5. The summed E-state index contributed by atoms with van der Waals surface area (Å²) in [5.41, 5.74) is 12.4. The number of phenolic OH excluding ortho intramolecular Hbond substituents is 1. The molecule has 7 N–H and O–H groups in total. The number of rotatable bonds is 14. The summed E-state index contributed by atoms with van der Waals surface area (Å²) < 4.78 is 7.27. The lowest BCUT2D eigenvalue weighted by molar-refractivity contribution is 0.176. The zero-order valence-corrected chi connectivity index (χ0v) is 30.6. The van der Waals surface area contributed by atoms with Crippen LogP contribution in [0.4, 0.5) is 10.5 Å². The molecule has 0 spiro atoms. The van der Waals surface area contributed by atoms with Crippen LogP contribution in [0.15, 0.2) is 105 Å². The van der Waals surface area contributed by atoms with Crippen molar-refractivity contribution in [3.63, 3.8) is 0 Å². The summed E-state index contributed by atoms with van der Waals surface area (Å²) in [5.74, 6) is -0.476. The second-order valence-corrected chi connectivity index (χ2v) is 14.5. The number of H-pyrrole nitrogens is 1. The molecule has 1 atom stereocenters. The number of oxazole rings is 1. The maximum Gasteiger partial charge on any atom is 0.419 e. The van der Waals surface area contributed by atoms with Gasteiger partial charge in [-0.1, -0.05) is 61.0 Å². The Morgan fingerprint density at radius 1 is 0.927 bits per heavy atom. The van der Waals surface area contributed by atoms with Gasteiger partial charge in [-0.3, -0.25) is 14.3 Å². The number of carboxylic acid groups (broad SMARTS) is 1.